The van der Waals surface area contributed by atoms with Gasteiger partial charge >= 0.3 is 5.97 Å². The maximum absolute atomic E-state index is 11.9. The zero-order valence-corrected chi connectivity index (χ0v) is 16.3. The second-order valence-electron chi connectivity index (χ2n) is 6.11. The molecule has 0 unspecified atom stereocenters. The highest BCUT2D eigenvalue weighted by Crippen LogP contribution is 2.28. The molecule has 0 saturated heterocycles. The molecule has 0 aliphatic rings. The molecule has 0 bridgehead atoms. The first-order valence-corrected chi connectivity index (χ1v) is 8.97. The zero-order chi connectivity index (χ0) is 21.9. The van der Waals surface area contributed by atoms with Crippen molar-refractivity contribution in [3.05, 3.63) is 64.2 Å². The molecule has 2 aromatic rings. The number of benzene rings is 2. The average molecular weight is 415 g/mol. The van der Waals surface area contributed by atoms with Crippen molar-refractivity contribution in [3.63, 3.8) is 0 Å². The standard InChI is InChI=1S/C20H21N3O7/c1-29-17-12-15(23(27)28)7-8-16(17)22-19(25)13-30-20(26)9-10-21-18(24)11-14-5-3-2-4-6-14/h2-8,12H,9-11,13H2,1H3,(H,21,24)(H,22,25). The van der Waals surface area contributed by atoms with Crippen LogP contribution in [0.25, 0.3) is 0 Å². The fraction of sp³-hybridized carbons (Fsp3) is 0.250. The van der Waals surface area contributed by atoms with E-state index in [4.69, 9.17) is 9.47 Å². The molecular formula is C20H21N3O7. The Morgan fingerprint density at radius 1 is 1.07 bits per heavy atom. The normalized spacial score (nSPS) is 10.0. The molecule has 0 radical (unpaired) electrons. The Labute approximate surface area is 172 Å². The monoisotopic (exact) mass is 415 g/mol. The van der Waals surface area contributed by atoms with E-state index in [0.29, 0.717) is 0 Å². The van der Waals surface area contributed by atoms with Gasteiger partial charge in [0.1, 0.15) is 5.75 Å². The number of rotatable bonds is 10. The molecule has 2 rings (SSSR count). The van der Waals surface area contributed by atoms with Gasteiger partial charge in [-0.3, -0.25) is 24.5 Å². The molecule has 30 heavy (non-hydrogen) atoms. The number of nitrogens with one attached hydrogen (secondary N) is 2. The maximum atomic E-state index is 11.9. The molecule has 2 N–H and O–H groups in total. The third-order valence-electron chi connectivity index (χ3n) is 3.89. The molecule has 2 aromatic carbocycles. The second kappa shape index (κ2) is 11.1. The summed E-state index contributed by atoms with van der Waals surface area (Å²) in [6.45, 7) is -0.459. The summed E-state index contributed by atoms with van der Waals surface area (Å²) in [4.78, 5) is 45.7. The van der Waals surface area contributed by atoms with E-state index in [0.717, 1.165) is 5.56 Å². The van der Waals surface area contributed by atoms with Crippen LogP contribution in [0.3, 0.4) is 0 Å². The molecule has 0 spiro atoms. The van der Waals surface area contributed by atoms with Crippen LogP contribution in [0.2, 0.25) is 0 Å². The zero-order valence-electron chi connectivity index (χ0n) is 16.3. The minimum absolute atomic E-state index is 0.0856. The number of nitro groups is 1. The van der Waals surface area contributed by atoms with E-state index in [1.807, 2.05) is 30.3 Å². The average Bonchev–Trinajstić information content (AvgIpc) is 2.73. The Bertz CT molecular complexity index is 916. The summed E-state index contributed by atoms with van der Waals surface area (Å²) >= 11 is 0. The summed E-state index contributed by atoms with van der Waals surface area (Å²) in [5, 5.41) is 15.8. The highest BCUT2D eigenvalue weighted by Gasteiger charge is 2.14. The minimum atomic E-state index is -0.652. The number of ether oxygens (including phenoxy) is 2. The van der Waals surface area contributed by atoms with Gasteiger partial charge < -0.3 is 20.1 Å². The molecule has 0 aliphatic carbocycles. The van der Waals surface area contributed by atoms with Crippen LogP contribution in [0.5, 0.6) is 5.75 Å². The van der Waals surface area contributed by atoms with E-state index in [-0.39, 0.29) is 42.4 Å². The largest absolute Gasteiger partial charge is 0.494 e. The highest BCUT2D eigenvalue weighted by atomic mass is 16.6. The first-order chi connectivity index (χ1) is 14.4. The first kappa shape index (κ1) is 22.3. The lowest BCUT2D eigenvalue weighted by Gasteiger charge is -2.10. The van der Waals surface area contributed by atoms with Crippen LogP contribution >= 0.6 is 0 Å². The number of hydrogen-bond donors (Lipinski definition) is 2. The number of nitrogens with zero attached hydrogens (tertiary/aromatic N) is 1. The number of carbonyl (C=O) groups excluding carboxylic acids is 3. The van der Waals surface area contributed by atoms with Crippen LogP contribution < -0.4 is 15.4 Å². The van der Waals surface area contributed by atoms with Crippen LogP contribution in [0.4, 0.5) is 11.4 Å². The fourth-order valence-corrected chi connectivity index (χ4v) is 2.45. The van der Waals surface area contributed by atoms with Crippen molar-refractivity contribution < 1.29 is 28.8 Å². The molecule has 0 atom stereocenters. The van der Waals surface area contributed by atoms with Gasteiger partial charge in [-0.1, -0.05) is 30.3 Å². The lowest BCUT2D eigenvalue weighted by atomic mass is 10.1. The number of esters is 1. The molecule has 158 valence electrons. The van der Waals surface area contributed by atoms with Crippen LogP contribution in [0, 0.1) is 10.1 Å². The maximum Gasteiger partial charge on any atom is 0.308 e. The second-order valence-corrected chi connectivity index (χ2v) is 6.11. The quantitative estimate of drug-likeness (QED) is 0.343. The van der Waals surface area contributed by atoms with Gasteiger partial charge in [-0.2, -0.15) is 0 Å². The number of anilines is 1. The van der Waals surface area contributed by atoms with Crippen molar-refractivity contribution in [2.75, 3.05) is 25.6 Å². The molecule has 2 amide bonds. The van der Waals surface area contributed by atoms with Gasteiger partial charge in [0.15, 0.2) is 6.61 Å². The smallest absolute Gasteiger partial charge is 0.308 e. The van der Waals surface area contributed by atoms with E-state index >= 15 is 0 Å². The summed E-state index contributed by atoms with van der Waals surface area (Å²) in [7, 11) is 1.31. The van der Waals surface area contributed by atoms with Crippen LogP contribution in [-0.2, 0) is 25.5 Å². The molecule has 10 nitrogen and oxygen atoms in total. The van der Waals surface area contributed by atoms with Gasteiger partial charge in [0, 0.05) is 12.6 Å². The number of carbonyl (C=O) groups is 3. The van der Waals surface area contributed by atoms with Crippen molar-refractivity contribution in [2.24, 2.45) is 0 Å². The summed E-state index contributed by atoms with van der Waals surface area (Å²) in [5.74, 6) is -1.41. The number of methoxy groups -OCH3 is 1. The molecule has 0 aromatic heterocycles. The van der Waals surface area contributed by atoms with Crippen molar-refractivity contribution in [1.82, 2.24) is 5.32 Å². The van der Waals surface area contributed by atoms with Gasteiger partial charge in [0.2, 0.25) is 5.91 Å². The molecule has 0 aliphatic heterocycles. The topological polar surface area (TPSA) is 137 Å². The lowest BCUT2D eigenvalue weighted by molar-refractivity contribution is -0.384. The van der Waals surface area contributed by atoms with E-state index in [9.17, 15) is 24.5 Å². The number of nitro benzene ring substituents is 1. The van der Waals surface area contributed by atoms with Crippen LogP contribution in [0.15, 0.2) is 48.5 Å². The van der Waals surface area contributed by atoms with Crippen molar-refractivity contribution in [1.29, 1.82) is 0 Å². The van der Waals surface area contributed by atoms with Gasteiger partial charge in [-0.25, -0.2) is 0 Å². The molecule has 0 heterocycles. The van der Waals surface area contributed by atoms with Gasteiger partial charge in [-0.15, -0.1) is 0 Å². The third-order valence-corrected chi connectivity index (χ3v) is 3.89. The first-order valence-electron chi connectivity index (χ1n) is 8.97. The Kier molecular flexibility index (Phi) is 8.30. The highest BCUT2D eigenvalue weighted by molar-refractivity contribution is 5.94. The lowest BCUT2D eigenvalue weighted by Crippen LogP contribution is -2.28. The minimum Gasteiger partial charge on any atom is -0.494 e. The van der Waals surface area contributed by atoms with E-state index < -0.39 is 23.4 Å². The SMILES string of the molecule is COc1cc([N+](=O)[O-])ccc1NC(=O)COC(=O)CCNC(=O)Cc1ccccc1. The predicted molar refractivity (Wildman–Crippen MR) is 107 cm³/mol. The van der Waals surface area contributed by atoms with Gasteiger partial charge in [0.05, 0.1) is 36.6 Å². The van der Waals surface area contributed by atoms with Gasteiger partial charge in [0.25, 0.3) is 11.6 Å². The van der Waals surface area contributed by atoms with Gasteiger partial charge in [-0.05, 0) is 11.6 Å². The number of amides is 2. The Balaban J connectivity index is 1.71. The Hall–Kier alpha value is -3.95. The Morgan fingerprint density at radius 3 is 2.47 bits per heavy atom. The van der Waals surface area contributed by atoms with Crippen LogP contribution in [-0.4, -0.2) is 43.0 Å². The summed E-state index contributed by atoms with van der Waals surface area (Å²) in [6.07, 6.45) is 0.115. The number of non-ortho nitro benzene ring substituents is 1. The van der Waals surface area contributed by atoms with E-state index in [1.54, 1.807) is 0 Å². The van der Waals surface area contributed by atoms with Crippen molar-refractivity contribution >= 4 is 29.2 Å². The summed E-state index contributed by atoms with van der Waals surface area (Å²) < 4.78 is 9.87. The van der Waals surface area contributed by atoms with Crippen molar-refractivity contribution in [2.45, 2.75) is 12.8 Å². The molecule has 10 heteroatoms. The summed E-state index contributed by atoms with van der Waals surface area (Å²) in [6, 6.07) is 12.9. The third kappa shape index (κ3) is 7.23. The summed E-state index contributed by atoms with van der Waals surface area (Å²) in [5.41, 5.74) is 0.874. The van der Waals surface area contributed by atoms with E-state index in [2.05, 4.69) is 10.6 Å². The Morgan fingerprint density at radius 2 is 1.80 bits per heavy atom. The molecule has 0 fully saturated rings. The van der Waals surface area contributed by atoms with E-state index in [1.165, 1.54) is 25.3 Å². The van der Waals surface area contributed by atoms with Crippen LogP contribution in [0.1, 0.15) is 12.0 Å². The predicted octanol–water partition coefficient (Wildman–Crippen LogP) is 1.83. The number of hydrogen-bond acceptors (Lipinski definition) is 7. The fourth-order valence-electron chi connectivity index (χ4n) is 2.45. The molecular weight excluding hydrogens is 394 g/mol. The molecule has 0 saturated carbocycles. The van der Waals surface area contributed by atoms with Crippen molar-refractivity contribution in [3.8, 4) is 5.75 Å².